The van der Waals surface area contributed by atoms with Gasteiger partial charge in [0, 0.05) is 12.0 Å². The van der Waals surface area contributed by atoms with Crippen molar-refractivity contribution in [2.75, 3.05) is 0 Å². The van der Waals surface area contributed by atoms with Crippen molar-refractivity contribution >= 4 is 0 Å². The van der Waals surface area contributed by atoms with E-state index in [0.29, 0.717) is 0 Å². The van der Waals surface area contributed by atoms with E-state index in [1.807, 2.05) is 0 Å². The van der Waals surface area contributed by atoms with Gasteiger partial charge in [0.05, 0.1) is 0 Å². The van der Waals surface area contributed by atoms with Crippen LogP contribution in [0.4, 0.5) is 0 Å². The van der Waals surface area contributed by atoms with E-state index in [1.54, 1.807) is 0 Å². The van der Waals surface area contributed by atoms with Crippen LogP contribution in [0.25, 0.3) is 0 Å². The maximum atomic E-state index is 3.17. The zero-order valence-corrected chi connectivity index (χ0v) is 7.06. The Balaban J connectivity index is 2.56. The number of rotatable bonds is 0. The Bertz CT molecular complexity index is 220. The molecule has 0 heterocycles. The summed E-state index contributed by atoms with van der Waals surface area (Å²) in [5, 5.41) is 0. The molecule has 0 amide bonds. The lowest BCUT2D eigenvalue weighted by atomic mass is 10.1. The summed E-state index contributed by atoms with van der Waals surface area (Å²) >= 11 is 0. The predicted octanol–water partition coefficient (Wildman–Crippen LogP) is 3.07. The van der Waals surface area contributed by atoms with Crippen molar-refractivity contribution in [3.63, 3.8) is 0 Å². The van der Waals surface area contributed by atoms with E-state index >= 15 is 0 Å². The standard InChI is InChI=1S/C11H14/c1-2-3-8-11-9-6-4-5-7-10-11/h4,6,9H,2,5,7,10H2,1H3. The van der Waals surface area contributed by atoms with Crippen LogP contribution in [0.1, 0.15) is 32.6 Å². The molecular weight excluding hydrogens is 132 g/mol. The van der Waals surface area contributed by atoms with Crippen molar-refractivity contribution in [2.24, 2.45) is 0 Å². The van der Waals surface area contributed by atoms with Gasteiger partial charge >= 0.3 is 0 Å². The van der Waals surface area contributed by atoms with Crippen molar-refractivity contribution in [3.05, 3.63) is 23.8 Å². The average molecular weight is 146 g/mol. The first-order chi connectivity index (χ1) is 5.43. The van der Waals surface area contributed by atoms with Crippen LogP contribution in [0.5, 0.6) is 0 Å². The molecule has 0 bridgehead atoms. The first-order valence-corrected chi connectivity index (χ1v) is 4.28. The van der Waals surface area contributed by atoms with E-state index in [1.165, 1.54) is 18.4 Å². The lowest BCUT2D eigenvalue weighted by molar-refractivity contribution is 0.858. The third-order valence-electron chi connectivity index (χ3n) is 1.68. The fraction of sp³-hybridized carbons (Fsp3) is 0.455. The minimum absolute atomic E-state index is 0.959. The highest BCUT2D eigenvalue weighted by molar-refractivity contribution is 5.32. The second-order valence-electron chi connectivity index (χ2n) is 2.67. The Kier molecular flexibility index (Phi) is 3.55. The minimum Gasteiger partial charge on any atom is -0.0985 e. The molecule has 0 saturated heterocycles. The lowest BCUT2D eigenvalue weighted by Crippen LogP contribution is -1.76. The van der Waals surface area contributed by atoms with E-state index in [-0.39, 0.29) is 0 Å². The smallest absolute Gasteiger partial charge is 0.00639 e. The molecule has 11 heavy (non-hydrogen) atoms. The normalized spacial score (nSPS) is 16.3. The molecule has 0 saturated carbocycles. The molecule has 0 unspecified atom stereocenters. The van der Waals surface area contributed by atoms with E-state index < -0.39 is 0 Å². The second-order valence-corrected chi connectivity index (χ2v) is 2.67. The molecule has 0 nitrogen and oxygen atoms in total. The highest BCUT2D eigenvalue weighted by atomic mass is 14.0. The molecular formula is C11H14. The van der Waals surface area contributed by atoms with Crippen molar-refractivity contribution in [2.45, 2.75) is 32.6 Å². The summed E-state index contributed by atoms with van der Waals surface area (Å²) < 4.78 is 0. The zero-order chi connectivity index (χ0) is 7.94. The van der Waals surface area contributed by atoms with Gasteiger partial charge in [-0.1, -0.05) is 37.0 Å². The number of allylic oxidation sites excluding steroid dienone is 4. The SMILES string of the molecule is CCC#CC1=CC=CCCC1. The largest absolute Gasteiger partial charge is 0.0985 e. The molecule has 0 aromatic carbocycles. The van der Waals surface area contributed by atoms with Gasteiger partial charge in [-0.05, 0) is 19.3 Å². The zero-order valence-electron chi connectivity index (χ0n) is 7.06. The van der Waals surface area contributed by atoms with E-state index in [0.717, 1.165) is 12.8 Å². The predicted molar refractivity (Wildman–Crippen MR) is 49.1 cm³/mol. The molecule has 0 heteroatoms. The third kappa shape index (κ3) is 3.09. The van der Waals surface area contributed by atoms with Gasteiger partial charge < -0.3 is 0 Å². The van der Waals surface area contributed by atoms with Crippen LogP contribution < -0.4 is 0 Å². The van der Waals surface area contributed by atoms with Crippen LogP contribution in [-0.2, 0) is 0 Å². The van der Waals surface area contributed by atoms with Gasteiger partial charge in [0.2, 0.25) is 0 Å². The van der Waals surface area contributed by atoms with Crippen LogP contribution in [-0.4, -0.2) is 0 Å². The molecule has 0 spiro atoms. The van der Waals surface area contributed by atoms with Gasteiger partial charge in [0.25, 0.3) is 0 Å². The van der Waals surface area contributed by atoms with Gasteiger partial charge in [-0.25, -0.2) is 0 Å². The Morgan fingerprint density at radius 1 is 1.55 bits per heavy atom. The van der Waals surface area contributed by atoms with E-state index in [2.05, 4.69) is 37.0 Å². The van der Waals surface area contributed by atoms with Crippen LogP contribution >= 0.6 is 0 Å². The number of hydrogen-bond acceptors (Lipinski definition) is 0. The summed E-state index contributed by atoms with van der Waals surface area (Å²) in [6.07, 6.45) is 11.0. The van der Waals surface area contributed by atoms with Crippen molar-refractivity contribution in [1.82, 2.24) is 0 Å². The van der Waals surface area contributed by atoms with Crippen molar-refractivity contribution < 1.29 is 0 Å². The Morgan fingerprint density at radius 3 is 3.27 bits per heavy atom. The summed E-state index contributed by atoms with van der Waals surface area (Å²) in [6.45, 7) is 2.08. The monoisotopic (exact) mass is 146 g/mol. The highest BCUT2D eigenvalue weighted by Gasteiger charge is 1.93. The highest BCUT2D eigenvalue weighted by Crippen LogP contribution is 2.10. The maximum Gasteiger partial charge on any atom is 0.00639 e. The molecule has 1 aliphatic carbocycles. The lowest BCUT2D eigenvalue weighted by Gasteiger charge is -1.92. The molecule has 0 atom stereocenters. The first-order valence-electron chi connectivity index (χ1n) is 4.28. The molecule has 1 rings (SSSR count). The molecule has 0 aromatic heterocycles. The molecule has 0 aromatic rings. The summed E-state index contributed by atoms with van der Waals surface area (Å²) in [6, 6.07) is 0. The molecule has 58 valence electrons. The Hall–Kier alpha value is -0.960. The van der Waals surface area contributed by atoms with Gasteiger partial charge in [-0.2, -0.15) is 0 Å². The fourth-order valence-corrected chi connectivity index (χ4v) is 1.08. The summed E-state index contributed by atoms with van der Waals surface area (Å²) in [7, 11) is 0. The summed E-state index contributed by atoms with van der Waals surface area (Å²) in [4.78, 5) is 0. The molecule has 0 radical (unpaired) electrons. The Labute approximate surface area is 69.0 Å². The quantitative estimate of drug-likeness (QED) is 0.461. The minimum atomic E-state index is 0.959. The van der Waals surface area contributed by atoms with E-state index in [9.17, 15) is 0 Å². The van der Waals surface area contributed by atoms with Crippen LogP contribution in [0.3, 0.4) is 0 Å². The maximum absolute atomic E-state index is 3.17. The van der Waals surface area contributed by atoms with E-state index in [4.69, 9.17) is 0 Å². The third-order valence-corrected chi connectivity index (χ3v) is 1.68. The molecule has 0 aliphatic heterocycles. The second kappa shape index (κ2) is 4.79. The average Bonchev–Trinajstić information content (AvgIpc) is 2.28. The summed E-state index contributed by atoms with van der Waals surface area (Å²) in [5.74, 6) is 6.26. The van der Waals surface area contributed by atoms with Gasteiger partial charge in [-0.15, -0.1) is 0 Å². The molecule has 0 fully saturated rings. The Morgan fingerprint density at radius 2 is 2.45 bits per heavy atom. The van der Waals surface area contributed by atoms with Gasteiger partial charge in [0.1, 0.15) is 0 Å². The number of hydrogen-bond donors (Lipinski definition) is 0. The van der Waals surface area contributed by atoms with Crippen LogP contribution in [0.2, 0.25) is 0 Å². The van der Waals surface area contributed by atoms with Crippen LogP contribution in [0, 0.1) is 11.8 Å². The van der Waals surface area contributed by atoms with Crippen molar-refractivity contribution in [3.8, 4) is 11.8 Å². The fourth-order valence-electron chi connectivity index (χ4n) is 1.08. The first kappa shape index (κ1) is 8.14. The molecule has 0 N–H and O–H groups in total. The van der Waals surface area contributed by atoms with Gasteiger partial charge in [-0.3, -0.25) is 0 Å². The summed E-state index contributed by atoms with van der Waals surface area (Å²) in [5.41, 5.74) is 1.29. The van der Waals surface area contributed by atoms with Gasteiger partial charge in [0.15, 0.2) is 0 Å². The molecule has 1 aliphatic rings. The van der Waals surface area contributed by atoms with Crippen LogP contribution in [0.15, 0.2) is 23.8 Å². The topological polar surface area (TPSA) is 0 Å². The van der Waals surface area contributed by atoms with Crippen molar-refractivity contribution in [1.29, 1.82) is 0 Å².